The highest BCUT2D eigenvalue weighted by molar-refractivity contribution is 5.74. The molecule has 1 aliphatic heterocycles. The van der Waals surface area contributed by atoms with Crippen LogP contribution in [-0.2, 0) is 9.53 Å². The summed E-state index contributed by atoms with van der Waals surface area (Å²) in [4.78, 5) is 13.2. The van der Waals surface area contributed by atoms with Crippen LogP contribution >= 0.6 is 0 Å². The molecule has 0 unspecified atom stereocenters. The molecule has 1 heterocycles. The van der Waals surface area contributed by atoms with Crippen LogP contribution < -0.4 is 0 Å². The molecule has 0 radical (unpaired) electrons. The van der Waals surface area contributed by atoms with E-state index in [2.05, 4.69) is 46.8 Å². The lowest BCUT2D eigenvalue weighted by atomic mass is 9.44. The lowest BCUT2D eigenvalue weighted by Crippen LogP contribution is -2.55. The standard InChI is InChI=1S/C30H46O4/c1-26(2)22-10-9-21-20(28(22,5)15-14-23(26)31)13-17-29(6)19(12-16-30(21,29)7)18-8-11-24(27(3,4)33)34-25(18)32/h9,13,18-19,22-24,31,33H,8,10-12,14-17H2,1-7H3/t18-,19-,22+,23+,24+,28-,29-,30+/m1/s1. The van der Waals surface area contributed by atoms with Crippen LogP contribution in [0.2, 0.25) is 0 Å². The Kier molecular flexibility index (Phi) is 5.38. The molecule has 1 saturated heterocycles. The van der Waals surface area contributed by atoms with Gasteiger partial charge in [0.25, 0.3) is 0 Å². The third kappa shape index (κ3) is 3.13. The van der Waals surface area contributed by atoms with E-state index in [0.29, 0.717) is 11.8 Å². The second-order valence-electron chi connectivity index (χ2n) is 14.2. The first kappa shape index (κ1) is 24.6. The van der Waals surface area contributed by atoms with Crippen molar-refractivity contribution in [3.05, 3.63) is 23.3 Å². The maximum absolute atomic E-state index is 13.2. The molecule has 3 fully saturated rings. The predicted octanol–water partition coefficient (Wildman–Crippen LogP) is 5.97. The summed E-state index contributed by atoms with van der Waals surface area (Å²) in [6.45, 7) is 15.3. The third-order valence-corrected chi connectivity index (χ3v) is 11.9. The van der Waals surface area contributed by atoms with Crippen LogP contribution in [0.25, 0.3) is 0 Å². The molecule has 5 rings (SSSR count). The average molecular weight is 471 g/mol. The zero-order valence-corrected chi connectivity index (χ0v) is 22.4. The number of hydrogen-bond donors (Lipinski definition) is 2. The van der Waals surface area contributed by atoms with E-state index in [1.165, 1.54) is 11.1 Å². The SMILES string of the molecule is CC(C)(O)[C@@H]1CC[C@H]([C@H]2CC[C@@]3(C)C4=CC[C@H]5C(C)(C)[C@@H](O)CC[C@]5(C)C4=CC[C@]23C)C(=O)O1. The van der Waals surface area contributed by atoms with Crippen LogP contribution in [0.3, 0.4) is 0 Å². The summed E-state index contributed by atoms with van der Waals surface area (Å²) in [6.07, 6.45) is 12.1. The largest absolute Gasteiger partial charge is 0.459 e. The molecule has 8 atom stereocenters. The van der Waals surface area contributed by atoms with Gasteiger partial charge in [-0.3, -0.25) is 4.79 Å². The molecule has 0 bridgehead atoms. The normalized spacial score (nSPS) is 48.1. The second-order valence-corrected chi connectivity index (χ2v) is 14.2. The van der Waals surface area contributed by atoms with E-state index in [4.69, 9.17) is 4.74 Å². The number of esters is 1. The molecule has 0 amide bonds. The van der Waals surface area contributed by atoms with Gasteiger partial charge in [-0.25, -0.2) is 0 Å². The monoisotopic (exact) mass is 470 g/mol. The molecule has 2 N–H and O–H groups in total. The summed E-state index contributed by atoms with van der Waals surface area (Å²) in [7, 11) is 0. The number of cyclic esters (lactones) is 1. The molecule has 190 valence electrons. The topological polar surface area (TPSA) is 66.8 Å². The van der Waals surface area contributed by atoms with Crippen molar-refractivity contribution >= 4 is 5.97 Å². The lowest BCUT2D eigenvalue weighted by molar-refractivity contribution is -0.181. The van der Waals surface area contributed by atoms with E-state index in [0.717, 1.165) is 51.4 Å². The van der Waals surface area contributed by atoms with E-state index in [-0.39, 0.29) is 39.7 Å². The van der Waals surface area contributed by atoms with Crippen molar-refractivity contribution in [1.82, 2.24) is 0 Å². The first-order valence-corrected chi connectivity index (χ1v) is 13.7. The number of aliphatic hydroxyl groups is 2. The summed E-state index contributed by atoms with van der Waals surface area (Å²) >= 11 is 0. The molecular weight excluding hydrogens is 424 g/mol. The quantitative estimate of drug-likeness (QED) is 0.488. The van der Waals surface area contributed by atoms with E-state index in [1.807, 2.05) is 0 Å². The highest BCUT2D eigenvalue weighted by atomic mass is 16.6. The second kappa shape index (κ2) is 7.44. The summed E-state index contributed by atoms with van der Waals surface area (Å²) in [6, 6.07) is 0. The third-order valence-electron chi connectivity index (χ3n) is 11.9. The molecule has 2 saturated carbocycles. The van der Waals surface area contributed by atoms with Crippen molar-refractivity contribution in [3.8, 4) is 0 Å². The number of hydrogen-bond acceptors (Lipinski definition) is 4. The van der Waals surface area contributed by atoms with Crippen molar-refractivity contribution in [2.24, 2.45) is 39.4 Å². The van der Waals surface area contributed by atoms with Gasteiger partial charge in [0.05, 0.1) is 17.6 Å². The van der Waals surface area contributed by atoms with E-state index in [9.17, 15) is 15.0 Å². The number of aliphatic hydroxyl groups excluding tert-OH is 1. The van der Waals surface area contributed by atoms with E-state index in [1.54, 1.807) is 13.8 Å². The smallest absolute Gasteiger partial charge is 0.309 e. The van der Waals surface area contributed by atoms with Gasteiger partial charge in [-0.2, -0.15) is 0 Å². The van der Waals surface area contributed by atoms with Gasteiger partial charge in [-0.05, 0) is 110 Å². The average Bonchev–Trinajstić information content (AvgIpc) is 3.02. The summed E-state index contributed by atoms with van der Waals surface area (Å²) < 4.78 is 5.82. The van der Waals surface area contributed by atoms with Crippen LogP contribution in [-0.4, -0.2) is 34.0 Å². The summed E-state index contributed by atoms with van der Waals surface area (Å²) in [5.74, 6) is 0.588. The zero-order chi connectivity index (χ0) is 24.9. The van der Waals surface area contributed by atoms with Crippen LogP contribution in [0.5, 0.6) is 0 Å². The zero-order valence-electron chi connectivity index (χ0n) is 22.4. The van der Waals surface area contributed by atoms with Crippen molar-refractivity contribution in [2.45, 2.75) is 118 Å². The highest BCUT2D eigenvalue weighted by Crippen LogP contribution is 2.72. The summed E-state index contributed by atoms with van der Waals surface area (Å²) in [5.41, 5.74) is 2.20. The number of rotatable bonds is 2. The fraction of sp³-hybridized carbons (Fsp3) is 0.833. The van der Waals surface area contributed by atoms with Crippen molar-refractivity contribution in [3.63, 3.8) is 0 Å². The van der Waals surface area contributed by atoms with Crippen LogP contribution in [0.1, 0.15) is 99.8 Å². The Morgan fingerprint density at radius 2 is 1.68 bits per heavy atom. The Labute approximate surface area is 206 Å². The van der Waals surface area contributed by atoms with Gasteiger partial charge in [0.15, 0.2) is 0 Å². The predicted molar refractivity (Wildman–Crippen MR) is 134 cm³/mol. The van der Waals surface area contributed by atoms with Crippen LogP contribution in [0.4, 0.5) is 0 Å². The fourth-order valence-electron chi connectivity index (χ4n) is 9.28. The van der Waals surface area contributed by atoms with E-state index >= 15 is 0 Å². The van der Waals surface area contributed by atoms with Crippen molar-refractivity contribution in [2.75, 3.05) is 0 Å². The van der Waals surface area contributed by atoms with Crippen LogP contribution in [0, 0.1) is 39.4 Å². The molecular formula is C30H46O4. The lowest BCUT2D eigenvalue weighted by Gasteiger charge is -2.61. The Bertz CT molecular complexity index is 938. The van der Waals surface area contributed by atoms with Gasteiger partial charge in [-0.15, -0.1) is 0 Å². The molecule has 0 aromatic heterocycles. The Hall–Kier alpha value is -1.13. The minimum Gasteiger partial charge on any atom is -0.459 e. The molecule has 0 aromatic carbocycles. The molecule has 4 aliphatic carbocycles. The van der Waals surface area contributed by atoms with Gasteiger partial charge in [-0.1, -0.05) is 46.8 Å². The first-order chi connectivity index (χ1) is 15.7. The van der Waals surface area contributed by atoms with Crippen molar-refractivity contribution < 1.29 is 19.7 Å². The van der Waals surface area contributed by atoms with Crippen LogP contribution in [0.15, 0.2) is 23.3 Å². The number of carbonyl (C=O) groups is 1. The Balaban J connectivity index is 1.47. The van der Waals surface area contributed by atoms with Crippen molar-refractivity contribution in [1.29, 1.82) is 0 Å². The number of ether oxygens (including phenoxy) is 1. The molecule has 0 aromatic rings. The van der Waals surface area contributed by atoms with Gasteiger partial charge in [0, 0.05) is 0 Å². The molecule has 5 aliphatic rings. The van der Waals surface area contributed by atoms with Gasteiger partial charge in [0.1, 0.15) is 6.10 Å². The minimum absolute atomic E-state index is 0.0283. The fourth-order valence-corrected chi connectivity index (χ4v) is 9.28. The molecule has 34 heavy (non-hydrogen) atoms. The maximum Gasteiger partial charge on any atom is 0.309 e. The Morgan fingerprint density at radius 1 is 0.971 bits per heavy atom. The number of allylic oxidation sites excluding steroid dienone is 4. The Morgan fingerprint density at radius 3 is 2.32 bits per heavy atom. The molecule has 4 nitrogen and oxygen atoms in total. The van der Waals surface area contributed by atoms with Gasteiger partial charge >= 0.3 is 5.97 Å². The highest BCUT2D eigenvalue weighted by Gasteiger charge is 2.64. The molecule has 0 spiro atoms. The number of carbonyl (C=O) groups excluding carboxylic acids is 1. The first-order valence-electron chi connectivity index (χ1n) is 13.7. The minimum atomic E-state index is -0.989. The molecule has 4 heteroatoms. The van der Waals surface area contributed by atoms with Gasteiger partial charge < -0.3 is 14.9 Å². The summed E-state index contributed by atoms with van der Waals surface area (Å²) in [5, 5.41) is 21.2. The number of fused-ring (bicyclic) bond motifs is 5. The maximum atomic E-state index is 13.2. The van der Waals surface area contributed by atoms with E-state index < -0.39 is 11.7 Å². The van der Waals surface area contributed by atoms with Gasteiger partial charge in [0.2, 0.25) is 0 Å².